The van der Waals surface area contributed by atoms with Crippen molar-refractivity contribution < 1.29 is 23.7 Å². The molecule has 2 aromatic carbocycles. The van der Waals surface area contributed by atoms with Gasteiger partial charge in [-0.1, -0.05) is 38.1 Å². The number of hydrogen-bond acceptors (Lipinski definition) is 7. The lowest BCUT2D eigenvalue weighted by atomic mass is 9.98. The number of carbonyl (C=O) groups is 1. The van der Waals surface area contributed by atoms with Gasteiger partial charge in [-0.05, 0) is 56.5 Å². The summed E-state index contributed by atoms with van der Waals surface area (Å²) in [4.78, 5) is 22.2. The van der Waals surface area contributed by atoms with Crippen LogP contribution in [0.15, 0.2) is 48.5 Å². The summed E-state index contributed by atoms with van der Waals surface area (Å²) in [5.41, 5.74) is 2.98. The smallest absolute Gasteiger partial charge is 0.342 e. The van der Waals surface area contributed by atoms with Gasteiger partial charge < -0.3 is 18.9 Å². The fraction of sp³-hybridized carbons (Fsp3) is 0.370. The van der Waals surface area contributed by atoms with Gasteiger partial charge in [-0.25, -0.2) is 4.79 Å². The summed E-state index contributed by atoms with van der Waals surface area (Å²) in [5.74, 6) is 0.848. The van der Waals surface area contributed by atoms with Crippen LogP contribution >= 0.6 is 0 Å². The van der Waals surface area contributed by atoms with Crippen molar-refractivity contribution in [2.75, 3.05) is 13.7 Å². The lowest BCUT2D eigenvalue weighted by molar-refractivity contribution is 0.0524. The molecule has 0 amide bonds. The van der Waals surface area contributed by atoms with E-state index in [1.807, 2.05) is 76.2 Å². The highest BCUT2D eigenvalue weighted by Gasteiger charge is 2.27. The Balaban J connectivity index is 2.09. The maximum absolute atomic E-state index is 13.1. The third-order valence-electron chi connectivity index (χ3n) is 4.98. The molecule has 0 saturated heterocycles. The molecule has 1 aromatic heterocycles. The molecular formula is C27H32N2O5. The zero-order chi connectivity index (χ0) is 24.7. The Bertz CT molecular complexity index is 1110. The van der Waals surface area contributed by atoms with Gasteiger partial charge in [0.25, 0.3) is 0 Å². The van der Waals surface area contributed by atoms with Crippen molar-refractivity contribution in [2.45, 2.75) is 53.2 Å². The highest BCUT2D eigenvalue weighted by Crippen LogP contribution is 2.36. The molecule has 180 valence electrons. The summed E-state index contributed by atoms with van der Waals surface area (Å²) in [6.45, 7) is 10.1. The molecule has 0 aliphatic heterocycles. The zero-order valence-electron chi connectivity index (χ0n) is 20.6. The second-order valence-electron chi connectivity index (χ2n) is 8.29. The van der Waals surface area contributed by atoms with Crippen molar-refractivity contribution in [3.63, 3.8) is 0 Å². The number of nitrogens with zero attached hydrogens (tertiary/aromatic N) is 2. The molecule has 1 heterocycles. The van der Waals surface area contributed by atoms with E-state index < -0.39 is 5.97 Å². The van der Waals surface area contributed by atoms with Crippen LogP contribution < -0.4 is 14.2 Å². The predicted octanol–water partition coefficient (Wildman–Crippen LogP) is 5.82. The summed E-state index contributed by atoms with van der Waals surface area (Å²) in [6.07, 6.45) is -0.122. The van der Waals surface area contributed by atoms with E-state index in [0.717, 1.165) is 11.3 Å². The highest BCUT2D eigenvalue weighted by molar-refractivity contribution is 5.98. The van der Waals surface area contributed by atoms with E-state index in [9.17, 15) is 4.79 Å². The normalized spacial score (nSPS) is 10.9. The first kappa shape index (κ1) is 25.0. The maximum atomic E-state index is 13.1. The number of carbonyl (C=O) groups excluding carboxylic acids is 1. The summed E-state index contributed by atoms with van der Waals surface area (Å²) < 4.78 is 22.6. The van der Waals surface area contributed by atoms with Crippen LogP contribution in [0.4, 0.5) is 0 Å². The third kappa shape index (κ3) is 6.04. The number of para-hydroxylation sites is 1. The molecule has 3 aromatic rings. The number of benzene rings is 2. The second kappa shape index (κ2) is 11.5. The number of aromatic nitrogens is 2. The molecule has 3 rings (SSSR count). The Morgan fingerprint density at radius 3 is 2.29 bits per heavy atom. The van der Waals surface area contributed by atoms with Crippen LogP contribution in [-0.4, -0.2) is 35.8 Å². The van der Waals surface area contributed by atoms with E-state index in [4.69, 9.17) is 18.9 Å². The van der Waals surface area contributed by atoms with Gasteiger partial charge in [0, 0.05) is 5.56 Å². The number of esters is 1. The molecule has 0 N–H and O–H groups in total. The van der Waals surface area contributed by atoms with Crippen LogP contribution in [0.25, 0.3) is 11.3 Å². The van der Waals surface area contributed by atoms with Crippen molar-refractivity contribution in [3.8, 4) is 28.8 Å². The van der Waals surface area contributed by atoms with E-state index in [2.05, 4.69) is 9.97 Å². The first-order chi connectivity index (χ1) is 16.3. The van der Waals surface area contributed by atoms with Crippen LogP contribution in [0.2, 0.25) is 0 Å². The molecule has 0 spiro atoms. The molecule has 0 radical (unpaired) electrons. The van der Waals surface area contributed by atoms with Gasteiger partial charge in [0.15, 0.2) is 0 Å². The van der Waals surface area contributed by atoms with Gasteiger partial charge >= 0.3 is 12.0 Å². The van der Waals surface area contributed by atoms with E-state index >= 15 is 0 Å². The van der Waals surface area contributed by atoms with Crippen molar-refractivity contribution in [2.24, 2.45) is 0 Å². The van der Waals surface area contributed by atoms with E-state index in [1.54, 1.807) is 14.0 Å². The molecule has 34 heavy (non-hydrogen) atoms. The minimum absolute atomic E-state index is 0.0527. The van der Waals surface area contributed by atoms with Gasteiger partial charge in [0.05, 0.1) is 31.2 Å². The molecule has 0 aliphatic rings. The molecule has 0 unspecified atom stereocenters. The predicted molar refractivity (Wildman–Crippen MR) is 131 cm³/mol. The summed E-state index contributed by atoms with van der Waals surface area (Å²) in [5, 5.41) is 0. The van der Waals surface area contributed by atoms with Crippen LogP contribution in [0, 0.1) is 0 Å². The number of methoxy groups -OCH3 is 1. The van der Waals surface area contributed by atoms with E-state index in [1.165, 1.54) is 0 Å². The summed E-state index contributed by atoms with van der Waals surface area (Å²) >= 11 is 0. The van der Waals surface area contributed by atoms with Crippen molar-refractivity contribution in [1.29, 1.82) is 0 Å². The minimum atomic E-state index is -0.470. The quantitative estimate of drug-likeness (QED) is 0.350. The Hall–Kier alpha value is -3.61. The largest absolute Gasteiger partial charge is 0.497 e. The molecular weight excluding hydrogens is 432 g/mol. The summed E-state index contributed by atoms with van der Waals surface area (Å²) in [7, 11) is 1.63. The Morgan fingerprint density at radius 1 is 0.971 bits per heavy atom. The zero-order valence-corrected chi connectivity index (χ0v) is 20.6. The van der Waals surface area contributed by atoms with E-state index in [-0.39, 0.29) is 24.6 Å². The second-order valence-corrected chi connectivity index (χ2v) is 8.29. The summed E-state index contributed by atoms with van der Waals surface area (Å²) in [6, 6.07) is 15.4. The van der Waals surface area contributed by atoms with Crippen LogP contribution in [0.3, 0.4) is 0 Å². The highest BCUT2D eigenvalue weighted by atomic mass is 16.5. The van der Waals surface area contributed by atoms with Gasteiger partial charge in [0.2, 0.25) is 0 Å². The molecule has 0 fully saturated rings. The van der Waals surface area contributed by atoms with Crippen LogP contribution in [0.1, 0.15) is 62.2 Å². The monoisotopic (exact) mass is 464 g/mol. The Morgan fingerprint density at radius 2 is 1.68 bits per heavy atom. The SMILES string of the molecule is CCOC(=O)c1c(-c2ccccc2OCc2ccc(OC)cc2)nc(OC(C)C)nc1C(C)C. The number of hydrogen-bond donors (Lipinski definition) is 0. The van der Waals surface area contributed by atoms with Gasteiger partial charge in [-0.15, -0.1) is 0 Å². The van der Waals surface area contributed by atoms with Crippen LogP contribution in [0.5, 0.6) is 17.5 Å². The topological polar surface area (TPSA) is 79.8 Å². The maximum Gasteiger partial charge on any atom is 0.342 e. The number of rotatable bonds is 10. The lowest BCUT2D eigenvalue weighted by Crippen LogP contribution is -2.17. The number of ether oxygens (including phenoxy) is 4. The molecule has 0 bridgehead atoms. The molecule has 0 atom stereocenters. The Kier molecular flexibility index (Phi) is 8.46. The standard InChI is InChI=1S/C27H32N2O5/c1-7-32-26(30)23-24(17(2)3)28-27(34-18(4)5)29-25(23)21-10-8-9-11-22(21)33-16-19-12-14-20(31-6)15-13-19/h8-15,17-18H,7,16H2,1-6H3. The van der Waals surface area contributed by atoms with Crippen molar-refractivity contribution >= 4 is 5.97 Å². The minimum Gasteiger partial charge on any atom is -0.497 e. The average molecular weight is 465 g/mol. The third-order valence-corrected chi connectivity index (χ3v) is 4.98. The molecule has 7 heteroatoms. The van der Waals surface area contributed by atoms with Gasteiger partial charge in [-0.2, -0.15) is 9.97 Å². The first-order valence-corrected chi connectivity index (χ1v) is 11.4. The van der Waals surface area contributed by atoms with Crippen molar-refractivity contribution in [1.82, 2.24) is 9.97 Å². The fourth-order valence-corrected chi connectivity index (χ4v) is 3.41. The fourth-order valence-electron chi connectivity index (χ4n) is 3.41. The molecule has 0 saturated carbocycles. The van der Waals surface area contributed by atoms with Crippen molar-refractivity contribution in [3.05, 3.63) is 65.4 Å². The van der Waals surface area contributed by atoms with Gasteiger partial charge in [0.1, 0.15) is 23.7 Å². The first-order valence-electron chi connectivity index (χ1n) is 11.4. The van der Waals surface area contributed by atoms with E-state index in [0.29, 0.717) is 34.9 Å². The average Bonchev–Trinajstić information content (AvgIpc) is 2.82. The van der Waals surface area contributed by atoms with Gasteiger partial charge in [-0.3, -0.25) is 0 Å². The van der Waals surface area contributed by atoms with Crippen LogP contribution in [-0.2, 0) is 11.3 Å². The molecule has 7 nitrogen and oxygen atoms in total. The molecule has 0 aliphatic carbocycles. The Labute approximate surface area is 201 Å². The lowest BCUT2D eigenvalue weighted by Gasteiger charge is -2.19.